The van der Waals surface area contributed by atoms with Crippen molar-refractivity contribution >= 4 is 11.8 Å². The molecule has 3 saturated heterocycles. The highest BCUT2D eigenvalue weighted by Gasteiger charge is 2.71. The summed E-state index contributed by atoms with van der Waals surface area (Å²) in [6.07, 6.45) is -18.1. The van der Waals surface area contributed by atoms with Gasteiger partial charge >= 0.3 is 5.97 Å². The fourth-order valence-electron chi connectivity index (χ4n) is 14.6. The Labute approximate surface area is 375 Å². The highest BCUT2D eigenvalue weighted by molar-refractivity contribution is 5.88. The molecule has 364 valence electrons. The lowest BCUT2D eigenvalue weighted by Gasteiger charge is -2.70. The molecule has 22 atom stereocenters. The Bertz CT molecular complexity index is 1840. The number of carboxylic acid groups (broad SMARTS) is 1. The van der Waals surface area contributed by atoms with Gasteiger partial charge in [0.2, 0.25) is 0 Å². The van der Waals surface area contributed by atoms with Gasteiger partial charge in [0.15, 0.2) is 25.0 Å². The molecule has 0 aromatic heterocycles. The maximum absolute atomic E-state index is 15.0. The summed E-state index contributed by atoms with van der Waals surface area (Å²) in [4.78, 5) is 27.4. The first-order valence-corrected chi connectivity index (χ1v) is 23.4. The van der Waals surface area contributed by atoms with E-state index in [1.54, 1.807) is 0 Å². The van der Waals surface area contributed by atoms with E-state index < -0.39 is 122 Å². The molecular formula is C47H74O17. The van der Waals surface area contributed by atoms with E-state index in [0.717, 1.165) is 38.5 Å². The third-order valence-corrected chi connectivity index (χ3v) is 18.6. The normalized spacial score (nSPS) is 53.7. The highest BCUT2D eigenvalue weighted by Crippen LogP contribution is 2.75. The molecule has 0 bridgehead atoms. The SMILES string of the molecule is CC1OC(OC2C(OC3C(OC4CCC5(C)C(CCC6(C)C5C(=O)CC5=C7CC(C)(C)CC(O)C7(C)CCC56C)C4(C)C)OC(C(=O)O)C(O)C3O)OCC(O)C2O)C(O)C(O)C1O. The van der Waals surface area contributed by atoms with Crippen molar-refractivity contribution in [1.82, 2.24) is 0 Å². The highest BCUT2D eigenvalue weighted by atomic mass is 16.8. The summed E-state index contributed by atoms with van der Waals surface area (Å²) in [5, 5.41) is 97.3. The summed E-state index contributed by atoms with van der Waals surface area (Å²) in [6, 6.07) is 0. The van der Waals surface area contributed by atoms with Crippen LogP contribution < -0.4 is 0 Å². The maximum atomic E-state index is 15.0. The van der Waals surface area contributed by atoms with Crippen LogP contribution in [-0.4, -0.2) is 163 Å². The number of aliphatic hydroxyl groups is 8. The Morgan fingerprint density at radius 3 is 2.02 bits per heavy atom. The summed E-state index contributed by atoms with van der Waals surface area (Å²) in [6.45, 7) is 18.7. The molecule has 17 nitrogen and oxygen atoms in total. The van der Waals surface area contributed by atoms with Crippen LogP contribution in [0.3, 0.4) is 0 Å². The zero-order chi connectivity index (χ0) is 47.0. The van der Waals surface area contributed by atoms with Crippen LogP contribution in [0, 0.1) is 44.3 Å². The van der Waals surface area contributed by atoms with Crippen molar-refractivity contribution in [2.75, 3.05) is 6.61 Å². The second-order valence-electron chi connectivity index (χ2n) is 23.2. The molecule has 0 aromatic rings. The van der Waals surface area contributed by atoms with E-state index in [1.165, 1.54) is 18.1 Å². The van der Waals surface area contributed by atoms with Gasteiger partial charge in [-0.05, 0) is 91.3 Å². The van der Waals surface area contributed by atoms with Gasteiger partial charge in [-0.3, -0.25) is 4.79 Å². The number of hydrogen-bond donors (Lipinski definition) is 9. The number of allylic oxidation sites excluding steroid dienone is 1. The minimum atomic E-state index is -2.00. The van der Waals surface area contributed by atoms with Crippen molar-refractivity contribution in [1.29, 1.82) is 0 Å². The van der Waals surface area contributed by atoms with Gasteiger partial charge in [0.25, 0.3) is 0 Å². The second kappa shape index (κ2) is 16.5. The van der Waals surface area contributed by atoms with Gasteiger partial charge in [-0.15, -0.1) is 0 Å². The molecule has 5 aliphatic carbocycles. The van der Waals surface area contributed by atoms with Crippen LogP contribution in [0.4, 0.5) is 0 Å². The topological polar surface area (TPSA) is 272 Å². The van der Waals surface area contributed by atoms with Gasteiger partial charge in [0.1, 0.15) is 60.7 Å². The van der Waals surface area contributed by atoms with E-state index in [-0.39, 0.29) is 39.3 Å². The number of carbonyl (C=O) groups is 2. The minimum absolute atomic E-state index is 0.0362. The molecular weight excluding hydrogens is 837 g/mol. The number of hydrogen-bond acceptors (Lipinski definition) is 16. The maximum Gasteiger partial charge on any atom is 0.335 e. The molecule has 0 radical (unpaired) electrons. The molecule has 4 saturated carbocycles. The molecule has 64 heavy (non-hydrogen) atoms. The van der Waals surface area contributed by atoms with Gasteiger partial charge in [-0.1, -0.05) is 66.5 Å². The number of ketones is 1. The quantitative estimate of drug-likeness (QED) is 0.130. The van der Waals surface area contributed by atoms with Crippen LogP contribution in [0.25, 0.3) is 0 Å². The number of Topliss-reactive ketones (excluding diaryl/α,β-unsaturated/α-hetero) is 1. The van der Waals surface area contributed by atoms with E-state index in [4.69, 9.17) is 28.4 Å². The Morgan fingerprint density at radius 2 is 1.34 bits per heavy atom. The summed E-state index contributed by atoms with van der Waals surface area (Å²) in [5.41, 5.74) is 0.426. The Hall–Kier alpha value is -1.68. The van der Waals surface area contributed by atoms with E-state index in [9.17, 15) is 50.8 Å². The molecule has 0 amide bonds. The van der Waals surface area contributed by atoms with Crippen LogP contribution in [0.1, 0.15) is 120 Å². The zero-order valence-corrected chi connectivity index (χ0v) is 38.8. The van der Waals surface area contributed by atoms with E-state index in [0.29, 0.717) is 19.3 Å². The Morgan fingerprint density at radius 1 is 0.688 bits per heavy atom. The number of carbonyl (C=O) groups excluding carboxylic acids is 1. The summed E-state index contributed by atoms with van der Waals surface area (Å²) in [5.74, 6) is -1.61. The van der Waals surface area contributed by atoms with Crippen LogP contribution in [0.15, 0.2) is 11.1 Å². The van der Waals surface area contributed by atoms with Crippen molar-refractivity contribution < 1.29 is 84.0 Å². The lowest BCUT2D eigenvalue weighted by molar-refractivity contribution is -0.386. The number of aliphatic hydroxyl groups excluding tert-OH is 8. The number of carboxylic acids is 1. The molecule has 3 aliphatic heterocycles. The summed E-state index contributed by atoms with van der Waals surface area (Å²) < 4.78 is 36.1. The lowest BCUT2D eigenvalue weighted by Crippen LogP contribution is -2.68. The first kappa shape index (κ1) is 48.8. The molecule has 3 heterocycles. The van der Waals surface area contributed by atoms with E-state index in [1.807, 2.05) is 0 Å². The largest absolute Gasteiger partial charge is 0.479 e. The molecule has 0 aromatic carbocycles. The van der Waals surface area contributed by atoms with Crippen LogP contribution in [0.5, 0.6) is 0 Å². The van der Waals surface area contributed by atoms with Crippen molar-refractivity contribution in [3.05, 3.63) is 11.1 Å². The average molecular weight is 911 g/mol. The smallest absolute Gasteiger partial charge is 0.335 e. The third-order valence-electron chi connectivity index (χ3n) is 18.6. The van der Waals surface area contributed by atoms with E-state index in [2.05, 4.69) is 55.4 Å². The van der Waals surface area contributed by atoms with Crippen LogP contribution >= 0.6 is 0 Å². The van der Waals surface area contributed by atoms with Crippen molar-refractivity contribution in [2.45, 2.75) is 218 Å². The van der Waals surface area contributed by atoms with Gasteiger partial charge in [0, 0.05) is 17.8 Å². The Balaban J connectivity index is 1.06. The fraction of sp³-hybridized carbons (Fsp3) is 0.915. The molecule has 8 rings (SSSR count). The van der Waals surface area contributed by atoms with Gasteiger partial charge in [0.05, 0.1) is 24.9 Å². The first-order chi connectivity index (χ1) is 29.6. The molecule has 7 fully saturated rings. The van der Waals surface area contributed by atoms with Crippen molar-refractivity contribution in [3.63, 3.8) is 0 Å². The zero-order valence-electron chi connectivity index (χ0n) is 38.8. The van der Waals surface area contributed by atoms with Crippen LogP contribution in [0.2, 0.25) is 0 Å². The fourth-order valence-corrected chi connectivity index (χ4v) is 14.6. The van der Waals surface area contributed by atoms with Crippen molar-refractivity contribution in [2.24, 2.45) is 44.3 Å². The average Bonchev–Trinajstić information content (AvgIpc) is 3.20. The third kappa shape index (κ3) is 7.40. The number of rotatable bonds is 7. The number of ether oxygens (including phenoxy) is 6. The monoisotopic (exact) mass is 910 g/mol. The van der Waals surface area contributed by atoms with Gasteiger partial charge < -0.3 is 74.4 Å². The molecule has 22 unspecified atom stereocenters. The lowest BCUT2D eigenvalue weighted by atomic mass is 9.33. The van der Waals surface area contributed by atoms with Crippen LogP contribution in [-0.2, 0) is 38.0 Å². The van der Waals surface area contributed by atoms with Crippen molar-refractivity contribution in [3.8, 4) is 0 Å². The second-order valence-corrected chi connectivity index (χ2v) is 23.2. The Kier molecular flexibility index (Phi) is 12.6. The number of fused-ring (bicyclic) bond motifs is 6. The molecule has 0 spiro atoms. The standard InChI is InChI=1S/C47H74O17/c1-20-28(51)30(53)33(56)39(60-20)63-35-29(52)24(49)19-59-40(35)64-36-32(55)31(54)34(38(57)58)62-41(36)61-27-11-12-45(7)25(43(27,4)5)10-13-47(9)37(45)23(48)16-21-22-17-42(2,3)18-26(50)44(22,6)14-15-46(21,47)8/h20,24-37,39-41,49-56H,10-19H2,1-9H3,(H,57,58). The molecule has 17 heteroatoms. The first-order valence-electron chi connectivity index (χ1n) is 23.4. The molecule has 9 N–H and O–H groups in total. The summed E-state index contributed by atoms with van der Waals surface area (Å²) in [7, 11) is 0. The predicted molar refractivity (Wildman–Crippen MR) is 224 cm³/mol. The minimum Gasteiger partial charge on any atom is -0.479 e. The molecule has 8 aliphatic rings. The van der Waals surface area contributed by atoms with Gasteiger partial charge in [-0.25, -0.2) is 4.79 Å². The number of aliphatic carboxylic acids is 1. The van der Waals surface area contributed by atoms with E-state index >= 15 is 4.79 Å². The summed E-state index contributed by atoms with van der Waals surface area (Å²) >= 11 is 0. The predicted octanol–water partition coefficient (Wildman–Crippen LogP) is 1.69. The van der Waals surface area contributed by atoms with Gasteiger partial charge in [-0.2, -0.15) is 0 Å².